The first kappa shape index (κ1) is 29.2. The van der Waals surface area contributed by atoms with Crippen LogP contribution >= 0.6 is 11.3 Å². The second-order valence-electron chi connectivity index (χ2n) is 9.21. The second kappa shape index (κ2) is 12.4. The molecule has 0 radical (unpaired) electrons. The van der Waals surface area contributed by atoms with Crippen molar-refractivity contribution in [1.82, 2.24) is 14.9 Å². The average Bonchev–Trinajstić information content (AvgIpc) is 3.31. The summed E-state index contributed by atoms with van der Waals surface area (Å²) in [5, 5.41) is 27.9. The molecular weight excluding hydrogens is 532 g/mol. The smallest absolute Gasteiger partial charge is 0.289 e. The summed E-state index contributed by atoms with van der Waals surface area (Å²) in [6.07, 6.45) is -0.954. The molecule has 2 aromatic carbocycles. The summed E-state index contributed by atoms with van der Waals surface area (Å²) >= 11 is 1.32. The van der Waals surface area contributed by atoms with Gasteiger partial charge in [-0.2, -0.15) is 4.31 Å². The van der Waals surface area contributed by atoms with Gasteiger partial charge in [-0.15, -0.1) is 11.3 Å². The first-order valence-electron chi connectivity index (χ1n) is 11.8. The lowest BCUT2D eigenvalue weighted by molar-refractivity contribution is -0.387. The topological polar surface area (TPSA) is 159 Å². The number of likely N-dealkylation sites (N-methyl/N-ethyl adjacent to an activating group) is 1. The number of nitro groups is 1. The summed E-state index contributed by atoms with van der Waals surface area (Å²) in [4.78, 5) is 36.2. The molecule has 13 heteroatoms. The molecule has 2 atom stereocenters. The third kappa shape index (κ3) is 7.13. The van der Waals surface area contributed by atoms with Gasteiger partial charge in [0.1, 0.15) is 6.04 Å². The van der Waals surface area contributed by atoms with Crippen molar-refractivity contribution in [3.63, 3.8) is 0 Å². The number of nitrogens with zero attached hydrogens (tertiary/aromatic N) is 2. The number of sulfonamides is 1. The number of carbonyl (C=O) groups excluding carboxylic acids is 2. The molecule has 0 saturated heterocycles. The monoisotopic (exact) mass is 562 g/mol. The van der Waals surface area contributed by atoms with Crippen LogP contribution < -0.4 is 10.6 Å². The molecule has 0 spiro atoms. The number of fused-ring (bicyclic) bond motifs is 1. The fourth-order valence-electron chi connectivity index (χ4n) is 3.82. The zero-order valence-corrected chi connectivity index (χ0v) is 22.8. The van der Waals surface area contributed by atoms with Gasteiger partial charge in [-0.25, -0.2) is 8.42 Å². The van der Waals surface area contributed by atoms with E-state index < -0.39 is 50.1 Å². The molecular formula is C25H30N4O7S2. The summed E-state index contributed by atoms with van der Waals surface area (Å²) in [5.74, 6) is -0.824. The minimum atomic E-state index is -4.28. The van der Waals surface area contributed by atoms with Crippen LogP contribution in [0.15, 0.2) is 59.5 Å². The number of thiophene rings is 1. The van der Waals surface area contributed by atoms with Crippen LogP contribution in [0.25, 0.3) is 10.1 Å². The van der Waals surface area contributed by atoms with Crippen LogP contribution in [0.1, 0.15) is 29.9 Å². The highest BCUT2D eigenvalue weighted by Gasteiger charge is 2.30. The lowest BCUT2D eigenvalue weighted by atomic mass is 10.0. The number of nitrogens with one attached hydrogen (secondary N) is 2. The Bertz CT molecular complexity index is 1390. The summed E-state index contributed by atoms with van der Waals surface area (Å²) in [6, 6.07) is 13.4. The van der Waals surface area contributed by atoms with E-state index in [1.165, 1.54) is 30.5 Å². The highest BCUT2D eigenvalue weighted by molar-refractivity contribution is 7.89. The predicted molar refractivity (Wildman–Crippen MR) is 144 cm³/mol. The molecule has 38 heavy (non-hydrogen) atoms. The SMILES string of the molecule is CC(C)C[C@H](NC(=O)c1cc2ccccc2s1)C(=O)NC[C@H](O)CN(C)S(=O)(=O)c1ccccc1[N+](=O)[O-]. The van der Waals surface area contributed by atoms with E-state index in [2.05, 4.69) is 10.6 Å². The Labute approximate surface area is 224 Å². The molecule has 0 saturated carbocycles. The zero-order valence-electron chi connectivity index (χ0n) is 21.2. The van der Waals surface area contributed by atoms with Crippen LogP contribution in [-0.4, -0.2) is 66.9 Å². The average molecular weight is 563 g/mol. The van der Waals surface area contributed by atoms with Gasteiger partial charge < -0.3 is 15.7 Å². The van der Waals surface area contributed by atoms with Crippen molar-refractivity contribution in [1.29, 1.82) is 0 Å². The van der Waals surface area contributed by atoms with Gasteiger partial charge in [0, 0.05) is 30.9 Å². The summed E-state index contributed by atoms with van der Waals surface area (Å²) in [7, 11) is -3.09. The number of para-hydroxylation sites is 1. The first-order valence-corrected chi connectivity index (χ1v) is 14.1. The molecule has 1 aromatic heterocycles. The van der Waals surface area contributed by atoms with E-state index in [0.717, 1.165) is 26.5 Å². The predicted octanol–water partition coefficient (Wildman–Crippen LogP) is 2.75. The molecule has 0 bridgehead atoms. The van der Waals surface area contributed by atoms with Gasteiger partial charge >= 0.3 is 0 Å². The van der Waals surface area contributed by atoms with E-state index in [-0.39, 0.29) is 18.4 Å². The van der Waals surface area contributed by atoms with Crippen LogP contribution in [0.2, 0.25) is 0 Å². The Morgan fingerprint density at radius 2 is 1.79 bits per heavy atom. The molecule has 3 N–H and O–H groups in total. The third-order valence-electron chi connectivity index (χ3n) is 5.71. The van der Waals surface area contributed by atoms with Crippen molar-refractivity contribution in [3.05, 3.63) is 69.6 Å². The molecule has 0 aliphatic heterocycles. The Morgan fingerprint density at radius 1 is 1.13 bits per heavy atom. The molecule has 11 nitrogen and oxygen atoms in total. The van der Waals surface area contributed by atoms with Crippen LogP contribution in [0, 0.1) is 16.0 Å². The summed E-state index contributed by atoms with van der Waals surface area (Å²) in [5.41, 5.74) is -0.576. The number of hydrogen-bond acceptors (Lipinski definition) is 8. The van der Waals surface area contributed by atoms with Gasteiger partial charge in [0.05, 0.1) is 15.9 Å². The standard InChI is InChI=1S/C25H30N4O7S2/c1-16(2)12-19(27-25(32)22-13-17-8-4-6-10-21(17)37-22)24(31)26-14-18(30)15-28(3)38(35,36)23-11-7-5-9-20(23)29(33)34/h4-11,13,16,18-19,30H,12,14-15H2,1-3H3,(H,26,31)(H,27,32)/t18-,19-/m0/s1. The van der Waals surface area contributed by atoms with Crippen molar-refractivity contribution >= 4 is 48.9 Å². The van der Waals surface area contributed by atoms with Gasteiger partial charge in [0.25, 0.3) is 11.6 Å². The van der Waals surface area contributed by atoms with E-state index >= 15 is 0 Å². The number of aliphatic hydroxyl groups is 1. The van der Waals surface area contributed by atoms with Crippen molar-refractivity contribution in [2.24, 2.45) is 5.92 Å². The van der Waals surface area contributed by atoms with Gasteiger partial charge in [-0.1, -0.05) is 44.2 Å². The maximum absolute atomic E-state index is 12.9. The van der Waals surface area contributed by atoms with Gasteiger partial charge in [0.2, 0.25) is 15.9 Å². The second-order valence-corrected chi connectivity index (χ2v) is 12.3. The summed E-state index contributed by atoms with van der Waals surface area (Å²) < 4.78 is 27.5. The Balaban J connectivity index is 1.62. The van der Waals surface area contributed by atoms with E-state index in [1.54, 1.807) is 6.07 Å². The van der Waals surface area contributed by atoms with Gasteiger partial charge in [-0.3, -0.25) is 19.7 Å². The number of benzene rings is 2. The number of carbonyl (C=O) groups is 2. The van der Waals surface area contributed by atoms with Gasteiger partial charge in [-0.05, 0) is 35.9 Å². The fraction of sp³-hybridized carbons (Fsp3) is 0.360. The molecule has 0 unspecified atom stereocenters. The number of rotatable bonds is 12. The highest BCUT2D eigenvalue weighted by atomic mass is 32.2. The molecule has 0 aliphatic carbocycles. The number of hydrogen-bond donors (Lipinski definition) is 3. The van der Waals surface area contributed by atoms with Crippen molar-refractivity contribution in [2.75, 3.05) is 20.1 Å². The van der Waals surface area contributed by atoms with Crippen LogP contribution in [0.4, 0.5) is 5.69 Å². The lowest BCUT2D eigenvalue weighted by Gasteiger charge is -2.23. The minimum absolute atomic E-state index is 0.0799. The van der Waals surface area contributed by atoms with Crippen LogP contribution in [0.5, 0.6) is 0 Å². The molecule has 204 valence electrons. The number of aliphatic hydroxyl groups excluding tert-OH is 1. The van der Waals surface area contributed by atoms with Crippen LogP contribution in [-0.2, 0) is 14.8 Å². The minimum Gasteiger partial charge on any atom is -0.390 e. The largest absolute Gasteiger partial charge is 0.390 e. The molecule has 3 rings (SSSR count). The van der Waals surface area contributed by atoms with Crippen molar-refractivity contribution in [3.8, 4) is 0 Å². The van der Waals surface area contributed by atoms with E-state index in [9.17, 15) is 33.2 Å². The Morgan fingerprint density at radius 3 is 2.45 bits per heavy atom. The fourth-order valence-corrected chi connectivity index (χ4v) is 6.15. The normalized spacial score (nSPS) is 13.4. The molecule has 0 fully saturated rings. The Kier molecular flexibility index (Phi) is 9.55. The van der Waals surface area contributed by atoms with Crippen LogP contribution in [0.3, 0.4) is 0 Å². The van der Waals surface area contributed by atoms with E-state index in [0.29, 0.717) is 11.3 Å². The van der Waals surface area contributed by atoms with Gasteiger partial charge in [0.15, 0.2) is 4.90 Å². The van der Waals surface area contributed by atoms with E-state index in [1.807, 2.05) is 38.1 Å². The molecule has 3 aromatic rings. The Hall–Kier alpha value is -3.39. The lowest BCUT2D eigenvalue weighted by Crippen LogP contribution is -2.50. The molecule has 1 heterocycles. The number of nitro benzene ring substituents is 1. The van der Waals surface area contributed by atoms with E-state index in [4.69, 9.17) is 0 Å². The maximum Gasteiger partial charge on any atom is 0.289 e. The third-order valence-corrected chi connectivity index (χ3v) is 8.69. The number of amides is 2. The molecule has 0 aliphatic rings. The first-order chi connectivity index (χ1) is 17.9. The zero-order chi connectivity index (χ0) is 28.0. The quantitative estimate of drug-likeness (QED) is 0.226. The highest BCUT2D eigenvalue weighted by Crippen LogP contribution is 2.26. The van der Waals surface area contributed by atoms with Crippen molar-refractivity contribution < 1.29 is 28.0 Å². The maximum atomic E-state index is 12.9. The summed E-state index contributed by atoms with van der Waals surface area (Å²) in [6.45, 7) is 3.10. The molecule has 2 amide bonds. The van der Waals surface area contributed by atoms with Crippen molar-refractivity contribution in [2.45, 2.75) is 37.3 Å².